The van der Waals surface area contributed by atoms with Crippen molar-refractivity contribution in [2.24, 2.45) is 0 Å². The molecule has 0 aromatic carbocycles. The summed E-state index contributed by atoms with van der Waals surface area (Å²) in [6.45, 7) is 0. The molecule has 2 nitrogen and oxygen atoms in total. The highest BCUT2D eigenvalue weighted by molar-refractivity contribution is 9.10. The Morgan fingerprint density at radius 3 is 3.00 bits per heavy atom. The number of halogens is 2. The van der Waals surface area contributed by atoms with Crippen LogP contribution in [0.25, 0.3) is 0 Å². The molecule has 11 heavy (non-hydrogen) atoms. The molecule has 0 fully saturated rings. The van der Waals surface area contributed by atoms with E-state index in [0.717, 1.165) is 5.56 Å². The molecule has 0 atom stereocenters. The zero-order valence-electron chi connectivity index (χ0n) is 5.51. The molecule has 1 rings (SSSR count). The molecule has 0 aliphatic carbocycles. The first-order chi connectivity index (χ1) is 5.25. The van der Waals surface area contributed by atoms with Gasteiger partial charge in [0, 0.05) is 16.8 Å². The van der Waals surface area contributed by atoms with Gasteiger partial charge in [-0.15, -0.1) is 0 Å². The van der Waals surface area contributed by atoms with Crippen LogP contribution in [0.15, 0.2) is 16.9 Å². The van der Waals surface area contributed by atoms with E-state index in [9.17, 15) is 0 Å². The van der Waals surface area contributed by atoms with Crippen LogP contribution in [0.5, 0.6) is 0 Å². The lowest BCUT2D eigenvalue weighted by Gasteiger charge is -1.99. The summed E-state index contributed by atoms with van der Waals surface area (Å²) in [5.41, 5.74) is 0.747. The van der Waals surface area contributed by atoms with E-state index in [4.69, 9.17) is 16.9 Å². The summed E-state index contributed by atoms with van der Waals surface area (Å²) in [7, 11) is 0. The Kier molecular flexibility index (Phi) is 2.86. The lowest BCUT2D eigenvalue weighted by atomic mass is 10.2. The quantitative estimate of drug-likeness (QED) is 0.697. The fourth-order valence-electron chi connectivity index (χ4n) is 0.682. The number of nitrogens with zero attached hydrogens (tertiary/aromatic N) is 2. The van der Waals surface area contributed by atoms with E-state index in [2.05, 4.69) is 20.9 Å². The maximum Gasteiger partial charge on any atom is 0.111 e. The molecular formula is C7H4BrClN2. The second kappa shape index (κ2) is 3.70. The van der Waals surface area contributed by atoms with Gasteiger partial charge in [0.2, 0.25) is 0 Å². The lowest BCUT2D eigenvalue weighted by molar-refractivity contribution is 1.15. The van der Waals surface area contributed by atoms with E-state index in [1.165, 1.54) is 0 Å². The van der Waals surface area contributed by atoms with Gasteiger partial charge in [0.1, 0.15) is 4.60 Å². The normalized spacial score (nSPS) is 9.18. The molecule has 0 saturated carbocycles. The summed E-state index contributed by atoms with van der Waals surface area (Å²) < 4.78 is 0.645. The molecule has 1 aromatic heterocycles. The average molecular weight is 231 g/mol. The van der Waals surface area contributed by atoms with E-state index in [1.54, 1.807) is 12.3 Å². The third-order valence-electron chi connectivity index (χ3n) is 1.20. The van der Waals surface area contributed by atoms with Crippen LogP contribution in [-0.2, 0) is 6.42 Å². The van der Waals surface area contributed by atoms with Crippen molar-refractivity contribution in [1.29, 1.82) is 5.26 Å². The Hall–Kier alpha value is -0.590. The zero-order valence-corrected chi connectivity index (χ0v) is 7.85. The number of rotatable bonds is 1. The topological polar surface area (TPSA) is 36.7 Å². The Labute approximate surface area is 77.9 Å². The minimum absolute atomic E-state index is 0.285. The molecule has 0 aliphatic heterocycles. The number of hydrogen-bond donors (Lipinski definition) is 0. The predicted octanol–water partition coefficient (Wildman–Crippen LogP) is 2.56. The molecule has 1 heterocycles. The molecule has 0 N–H and O–H groups in total. The summed E-state index contributed by atoms with van der Waals surface area (Å²) in [5, 5.41) is 8.99. The van der Waals surface area contributed by atoms with Gasteiger partial charge in [0.15, 0.2) is 0 Å². The van der Waals surface area contributed by atoms with Gasteiger partial charge in [-0.1, -0.05) is 11.6 Å². The van der Waals surface area contributed by atoms with E-state index >= 15 is 0 Å². The standard InChI is InChI=1S/C7H4BrClN2/c8-7-5(1-3-10)6(9)2-4-11-7/h2,4H,1H2. The Morgan fingerprint density at radius 1 is 1.73 bits per heavy atom. The summed E-state index contributed by atoms with van der Waals surface area (Å²) in [4.78, 5) is 3.94. The summed E-state index contributed by atoms with van der Waals surface area (Å²) in [6, 6.07) is 3.68. The molecule has 1 aromatic rings. The Balaban J connectivity index is 3.12. The molecule has 56 valence electrons. The van der Waals surface area contributed by atoms with Gasteiger partial charge in [-0.3, -0.25) is 0 Å². The molecule has 0 bridgehead atoms. The van der Waals surface area contributed by atoms with Gasteiger partial charge in [-0.25, -0.2) is 4.98 Å². The van der Waals surface area contributed by atoms with Gasteiger partial charge >= 0.3 is 0 Å². The van der Waals surface area contributed by atoms with Gasteiger partial charge in [0.05, 0.1) is 12.5 Å². The molecule has 0 spiro atoms. The van der Waals surface area contributed by atoms with Crippen molar-refractivity contribution >= 4 is 27.5 Å². The minimum Gasteiger partial charge on any atom is -0.249 e. The largest absolute Gasteiger partial charge is 0.249 e. The van der Waals surface area contributed by atoms with E-state index in [1.807, 2.05) is 6.07 Å². The van der Waals surface area contributed by atoms with Crippen LogP contribution < -0.4 is 0 Å². The van der Waals surface area contributed by atoms with Crippen molar-refractivity contribution in [1.82, 2.24) is 4.98 Å². The molecule has 0 unspecified atom stereocenters. The van der Waals surface area contributed by atoms with Crippen LogP contribution >= 0.6 is 27.5 Å². The molecule has 0 aliphatic rings. The second-order valence-electron chi connectivity index (χ2n) is 1.90. The maximum atomic E-state index is 8.41. The summed E-state index contributed by atoms with van der Waals surface area (Å²) >= 11 is 8.99. The highest BCUT2D eigenvalue weighted by atomic mass is 79.9. The summed E-state index contributed by atoms with van der Waals surface area (Å²) in [6.07, 6.45) is 1.88. The molecule has 4 heteroatoms. The third kappa shape index (κ3) is 1.92. The predicted molar refractivity (Wildman–Crippen MR) is 46.3 cm³/mol. The average Bonchev–Trinajstić information content (AvgIpc) is 1.97. The smallest absolute Gasteiger partial charge is 0.111 e. The fourth-order valence-corrected chi connectivity index (χ4v) is 1.48. The van der Waals surface area contributed by atoms with Crippen molar-refractivity contribution in [2.75, 3.05) is 0 Å². The van der Waals surface area contributed by atoms with Crippen LogP contribution in [0, 0.1) is 11.3 Å². The summed E-state index contributed by atoms with van der Waals surface area (Å²) in [5.74, 6) is 0. The first-order valence-corrected chi connectivity index (χ1v) is 4.08. The van der Waals surface area contributed by atoms with Crippen molar-refractivity contribution in [3.05, 3.63) is 27.5 Å². The number of pyridine rings is 1. The number of hydrogen-bond acceptors (Lipinski definition) is 2. The van der Waals surface area contributed by atoms with Gasteiger partial charge < -0.3 is 0 Å². The van der Waals surface area contributed by atoms with Crippen molar-refractivity contribution in [3.8, 4) is 6.07 Å². The van der Waals surface area contributed by atoms with Crippen molar-refractivity contribution in [3.63, 3.8) is 0 Å². The molecular weight excluding hydrogens is 227 g/mol. The molecule has 0 radical (unpaired) electrons. The zero-order chi connectivity index (χ0) is 8.27. The van der Waals surface area contributed by atoms with Crippen molar-refractivity contribution < 1.29 is 0 Å². The number of nitriles is 1. The highest BCUT2D eigenvalue weighted by Gasteiger charge is 2.03. The van der Waals surface area contributed by atoms with E-state index < -0.39 is 0 Å². The van der Waals surface area contributed by atoms with Crippen LogP contribution in [0.1, 0.15) is 5.56 Å². The third-order valence-corrected chi connectivity index (χ3v) is 2.24. The SMILES string of the molecule is N#CCc1c(Cl)ccnc1Br. The number of aromatic nitrogens is 1. The first-order valence-electron chi connectivity index (χ1n) is 2.91. The van der Waals surface area contributed by atoms with Crippen LogP contribution in [0.3, 0.4) is 0 Å². The van der Waals surface area contributed by atoms with Crippen LogP contribution in [0.4, 0.5) is 0 Å². The fraction of sp³-hybridized carbons (Fsp3) is 0.143. The molecule has 0 saturated heterocycles. The minimum atomic E-state index is 0.285. The van der Waals surface area contributed by atoms with Gasteiger partial charge in [0.25, 0.3) is 0 Å². The van der Waals surface area contributed by atoms with Crippen LogP contribution in [0.2, 0.25) is 5.02 Å². The van der Waals surface area contributed by atoms with Crippen molar-refractivity contribution in [2.45, 2.75) is 6.42 Å². The highest BCUT2D eigenvalue weighted by Crippen LogP contribution is 2.22. The molecule has 0 amide bonds. The van der Waals surface area contributed by atoms with Gasteiger partial charge in [-0.05, 0) is 22.0 Å². The Morgan fingerprint density at radius 2 is 2.45 bits per heavy atom. The maximum absolute atomic E-state index is 8.41. The van der Waals surface area contributed by atoms with E-state index in [-0.39, 0.29) is 6.42 Å². The van der Waals surface area contributed by atoms with Crippen LogP contribution in [-0.4, -0.2) is 4.98 Å². The van der Waals surface area contributed by atoms with E-state index in [0.29, 0.717) is 9.63 Å². The lowest BCUT2D eigenvalue weighted by Crippen LogP contribution is -1.87. The first kappa shape index (κ1) is 8.51. The monoisotopic (exact) mass is 230 g/mol. The van der Waals surface area contributed by atoms with Gasteiger partial charge in [-0.2, -0.15) is 5.26 Å². The second-order valence-corrected chi connectivity index (χ2v) is 3.06. The Bertz CT molecular complexity index is 286.